The fraction of sp³-hybridized carbons (Fsp3) is 0.538. The Labute approximate surface area is 109 Å². The van der Waals surface area contributed by atoms with Crippen molar-refractivity contribution in [3.05, 3.63) is 23.8 Å². The molecule has 1 aromatic carbocycles. The van der Waals surface area contributed by atoms with Gasteiger partial charge in [-0.2, -0.15) is 0 Å². The van der Waals surface area contributed by atoms with Crippen LogP contribution in [0.2, 0.25) is 0 Å². The van der Waals surface area contributed by atoms with Crippen LogP contribution in [-0.2, 0) is 10.0 Å². The van der Waals surface area contributed by atoms with E-state index >= 15 is 0 Å². The van der Waals surface area contributed by atoms with Gasteiger partial charge in [-0.05, 0) is 42.5 Å². The van der Waals surface area contributed by atoms with Crippen molar-refractivity contribution in [2.45, 2.75) is 34.1 Å². The van der Waals surface area contributed by atoms with Crippen LogP contribution in [0.4, 0.5) is 5.69 Å². The summed E-state index contributed by atoms with van der Waals surface area (Å²) in [6.07, 6.45) is 0.597. The van der Waals surface area contributed by atoms with Gasteiger partial charge in [0.15, 0.2) is 0 Å². The van der Waals surface area contributed by atoms with Crippen LogP contribution in [0.5, 0.6) is 5.75 Å². The second-order valence-electron chi connectivity index (χ2n) is 5.73. The van der Waals surface area contributed by atoms with Gasteiger partial charge in [0.1, 0.15) is 5.75 Å². The second-order valence-corrected chi connectivity index (χ2v) is 7.57. The molecule has 0 heterocycles. The number of aryl methyl sites for hydroxylation is 1. The van der Waals surface area contributed by atoms with Crippen molar-refractivity contribution in [3.8, 4) is 5.75 Å². The summed E-state index contributed by atoms with van der Waals surface area (Å²) < 4.78 is 26.4. The van der Waals surface area contributed by atoms with E-state index in [0.29, 0.717) is 17.7 Å². The first-order chi connectivity index (χ1) is 8.09. The third kappa shape index (κ3) is 4.96. The Morgan fingerprint density at radius 3 is 2.39 bits per heavy atom. The average Bonchev–Trinajstić information content (AvgIpc) is 2.19. The van der Waals surface area contributed by atoms with E-state index in [0.717, 1.165) is 0 Å². The van der Waals surface area contributed by atoms with E-state index in [1.807, 2.05) is 20.8 Å². The van der Waals surface area contributed by atoms with Gasteiger partial charge in [0.2, 0.25) is 10.0 Å². The molecule has 0 spiro atoms. The van der Waals surface area contributed by atoms with Crippen LogP contribution in [0.25, 0.3) is 0 Å². The quantitative estimate of drug-likeness (QED) is 0.827. The first-order valence-corrected chi connectivity index (χ1v) is 7.54. The maximum Gasteiger partial charge on any atom is 0.232 e. The van der Waals surface area contributed by atoms with Gasteiger partial charge in [0, 0.05) is 0 Å². The summed E-state index contributed by atoms with van der Waals surface area (Å²) in [5, 5.41) is 9.27. The monoisotopic (exact) mass is 271 g/mol. The Morgan fingerprint density at radius 2 is 1.89 bits per heavy atom. The van der Waals surface area contributed by atoms with Crippen LogP contribution in [0, 0.1) is 12.3 Å². The highest BCUT2D eigenvalue weighted by molar-refractivity contribution is 7.92. The van der Waals surface area contributed by atoms with Gasteiger partial charge in [0.25, 0.3) is 0 Å². The van der Waals surface area contributed by atoms with Crippen molar-refractivity contribution in [3.63, 3.8) is 0 Å². The van der Waals surface area contributed by atoms with Crippen LogP contribution in [0.15, 0.2) is 18.2 Å². The molecule has 18 heavy (non-hydrogen) atoms. The number of rotatable bonds is 4. The summed E-state index contributed by atoms with van der Waals surface area (Å²) >= 11 is 0. The minimum absolute atomic E-state index is 0.0151. The molecule has 0 bridgehead atoms. The molecule has 1 rings (SSSR count). The van der Waals surface area contributed by atoms with Gasteiger partial charge >= 0.3 is 0 Å². The summed E-state index contributed by atoms with van der Waals surface area (Å²) in [7, 11) is -3.33. The molecule has 0 aliphatic heterocycles. The molecule has 0 unspecified atom stereocenters. The summed E-state index contributed by atoms with van der Waals surface area (Å²) in [5.74, 6) is 0.224. The Bertz CT molecular complexity index is 516. The van der Waals surface area contributed by atoms with Gasteiger partial charge in [-0.25, -0.2) is 8.42 Å². The standard InChI is InChI=1S/C13H21NO3S/c1-10-9-11(15)5-6-12(10)14-18(16,17)8-7-13(2,3)4/h5-6,9,14-15H,7-8H2,1-4H3. The largest absolute Gasteiger partial charge is 0.508 e. The van der Waals surface area contributed by atoms with E-state index in [4.69, 9.17) is 0 Å². The molecule has 0 atom stereocenters. The smallest absolute Gasteiger partial charge is 0.232 e. The lowest BCUT2D eigenvalue weighted by Crippen LogP contribution is -2.21. The maximum atomic E-state index is 11.9. The first kappa shape index (κ1) is 14.8. The van der Waals surface area contributed by atoms with Gasteiger partial charge in [-0.15, -0.1) is 0 Å². The Kier molecular flexibility index (Phi) is 4.27. The molecule has 0 amide bonds. The van der Waals surface area contributed by atoms with E-state index in [2.05, 4.69) is 4.72 Å². The number of anilines is 1. The lowest BCUT2D eigenvalue weighted by molar-refractivity contribution is 0.397. The molecule has 0 saturated heterocycles. The molecule has 2 N–H and O–H groups in total. The van der Waals surface area contributed by atoms with Gasteiger partial charge in [-0.1, -0.05) is 20.8 Å². The summed E-state index contributed by atoms with van der Waals surface area (Å²) in [5.41, 5.74) is 1.20. The van der Waals surface area contributed by atoms with E-state index < -0.39 is 10.0 Å². The number of sulfonamides is 1. The minimum atomic E-state index is -3.33. The molecule has 0 radical (unpaired) electrons. The molecule has 102 valence electrons. The van der Waals surface area contributed by atoms with E-state index in [1.54, 1.807) is 13.0 Å². The zero-order valence-corrected chi connectivity index (χ0v) is 12.1. The normalized spacial score (nSPS) is 12.4. The molecule has 5 heteroatoms. The minimum Gasteiger partial charge on any atom is -0.508 e. The van der Waals surface area contributed by atoms with Crippen LogP contribution in [0.3, 0.4) is 0 Å². The number of nitrogens with one attached hydrogen (secondary N) is 1. The highest BCUT2D eigenvalue weighted by atomic mass is 32.2. The Balaban J connectivity index is 2.77. The number of hydrogen-bond donors (Lipinski definition) is 2. The molecular weight excluding hydrogens is 250 g/mol. The molecule has 1 aromatic rings. The molecule has 0 aromatic heterocycles. The summed E-state index contributed by atoms with van der Waals surface area (Å²) in [6, 6.07) is 4.57. The number of hydrogen-bond acceptors (Lipinski definition) is 3. The average molecular weight is 271 g/mol. The third-order valence-electron chi connectivity index (χ3n) is 2.60. The van der Waals surface area contributed by atoms with Crippen molar-refractivity contribution in [2.24, 2.45) is 5.41 Å². The van der Waals surface area contributed by atoms with Crippen molar-refractivity contribution >= 4 is 15.7 Å². The van der Waals surface area contributed by atoms with Crippen molar-refractivity contribution in [1.29, 1.82) is 0 Å². The molecule has 0 aliphatic carbocycles. The summed E-state index contributed by atoms with van der Waals surface area (Å²) in [4.78, 5) is 0. The predicted octanol–water partition coefficient (Wildman–Crippen LogP) is 2.88. The number of benzene rings is 1. The molecule has 4 nitrogen and oxygen atoms in total. The molecule has 0 saturated carbocycles. The Hall–Kier alpha value is -1.23. The van der Waals surface area contributed by atoms with Gasteiger partial charge in [-0.3, -0.25) is 4.72 Å². The summed E-state index contributed by atoms with van der Waals surface area (Å²) in [6.45, 7) is 7.78. The molecular formula is C13H21NO3S. The maximum absolute atomic E-state index is 11.9. The van der Waals surface area contributed by atoms with Crippen LogP contribution in [0.1, 0.15) is 32.8 Å². The fourth-order valence-electron chi connectivity index (χ4n) is 1.42. The van der Waals surface area contributed by atoms with Gasteiger partial charge < -0.3 is 5.11 Å². The Morgan fingerprint density at radius 1 is 1.28 bits per heavy atom. The van der Waals surface area contributed by atoms with Crippen molar-refractivity contribution < 1.29 is 13.5 Å². The van der Waals surface area contributed by atoms with Gasteiger partial charge in [0.05, 0.1) is 11.4 Å². The zero-order valence-electron chi connectivity index (χ0n) is 11.3. The topological polar surface area (TPSA) is 66.4 Å². The van der Waals surface area contributed by atoms with E-state index in [1.165, 1.54) is 12.1 Å². The van der Waals surface area contributed by atoms with Crippen LogP contribution < -0.4 is 4.72 Å². The molecule has 0 aliphatic rings. The first-order valence-electron chi connectivity index (χ1n) is 5.89. The van der Waals surface area contributed by atoms with Crippen LogP contribution in [-0.4, -0.2) is 19.3 Å². The van der Waals surface area contributed by atoms with E-state index in [9.17, 15) is 13.5 Å². The third-order valence-corrected chi connectivity index (χ3v) is 3.87. The number of aromatic hydroxyl groups is 1. The predicted molar refractivity (Wildman–Crippen MR) is 74.3 cm³/mol. The van der Waals surface area contributed by atoms with E-state index in [-0.39, 0.29) is 16.9 Å². The van der Waals surface area contributed by atoms with Crippen molar-refractivity contribution in [2.75, 3.05) is 10.5 Å². The lowest BCUT2D eigenvalue weighted by atomic mass is 9.94. The SMILES string of the molecule is Cc1cc(O)ccc1NS(=O)(=O)CCC(C)(C)C. The second kappa shape index (κ2) is 5.18. The lowest BCUT2D eigenvalue weighted by Gasteiger charge is -2.18. The highest BCUT2D eigenvalue weighted by Crippen LogP contribution is 2.23. The highest BCUT2D eigenvalue weighted by Gasteiger charge is 2.17. The fourth-order valence-corrected chi connectivity index (χ4v) is 2.97. The molecule has 0 fully saturated rings. The number of phenols is 1. The van der Waals surface area contributed by atoms with Crippen molar-refractivity contribution in [1.82, 2.24) is 0 Å². The zero-order chi connectivity index (χ0) is 14.0. The number of phenolic OH excluding ortho intramolecular Hbond substituents is 1. The van der Waals surface area contributed by atoms with Crippen LogP contribution >= 0.6 is 0 Å².